The van der Waals surface area contributed by atoms with Crippen molar-refractivity contribution in [1.82, 2.24) is 9.80 Å². The Labute approximate surface area is 190 Å². The molecule has 2 aliphatic rings. The maximum absolute atomic E-state index is 13.2. The fraction of sp³-hybridized carbons (Fsp3) is 0.286. The molecule has 1 saturated heterocycles. The molecule has 2 unspecified atom stereocenters. The van der Waals surface area contributed by atoms with Crippen molar-refractivity contribution in [3.05, 3.63) is 63.7 Å². The van der Waals surface area contributed by atoms with Crippen molar-refractivity contribution in [3.63, 3.8) is 0 Å². The van der Waals surface area contributed by atoms with Crippen LogP contribution in [0, 0.1) is 0 Å². The number of hydrogen-bond acceptors (Lipinski definition) is 5. The lowest BCUT2D eigenvalue weighted by Crippen LogP contribution is -2.63. The number of nitrogens with one attached hydrogen (secondary N) is 1. The molecular weight excluding hydrogens is 463 g/mol. The number of thioether (sulfide) groups is 1. The minimum absolute atomic E-state index is 0.164. The summed E-state index contributed by atoms with van der Waals surface area (Å²) in [5.41, 5.74) is -1.35. The predicted molar refractivity (Wildman–Crippen MR) is 116 cm³/mol. The molecule has 1 N–H and O–H groups in total. The SMILES string of the molecule is O=C(CN1C(=O)N(CCc2cccs2)C(=O)C2SC=CC21)Nc1ccccc1C(F)(F)F. The van der Waals surface area contributed by atoms with Gasteiger partial charge in [-0.2, -0.15) is 13.2 Å². The number of amides is 4. The van der Waals surface area contributed by atoms with Gasteiger partial charge in [0.1, 0.15) is 11.8 Å². The summed E-state index contributed by atoms with van der Waals surface area (Å²) >= 11 is 2.77. The number of thiophene rings is 1. The third-order valence-electron chi connectivity index (χ3n) is 5.14. The van der Waals surface area contributed by atoms with Gasteiger partial charge in [0.25, 0.3) is 0 Å². The third kappa shape index (κ3) is 4.53. The van der Waals surface area contributed by atoms with Crippen molar-refractivity contribution in [2.75, 3.05) is 18.4 Å². The van der Waals surface area contributed by atoms with E-state index in [1.165, 1.54) is 40.1 Å². The van der Waals surface area contributed by atoms with Gasteiger partial charge in [0.05, 0.1) is 17.3 Å². The van der Waals surface area contributed by atoms with Gasteiger partial charge in [-0.25, -0.2) is 4.79 Å². The summed E-state index contributed by atoms with van der Waals surface area (Å²) in [6.07, 6.45) is -2.48. The van der Waals surface area contributed by atoms with Crippen LogP contribution in [-0.2, 0) is 22.2 Å². The highest BCUT2D eigenvalue weighted by Gasteiger charge is 2.47. The molecule has 1 aromatic carbocycles. The lowest BCUT2D eigenvalue weighted by atomic mass is 10.1. The van der Waals surface area contributed by atoms with E-state index in [1.54, 1.807) is 11.5 Å². The van der Waals surface area contributed by atoms with Gasteiger partial charge in [0.15, 0.2) is 0 Å². The molecule has 11 heteroatoms. The Balaban J connectivity index is 1.50. The molecule has 1 fully saturated rings. The number of fused-ring (bicyclic) bond motifs is 1. The monoisotopic (exact) mass is 481 g/mol. The van der Waals surface area contributed by atoms with Gasteiger partial charge in [-0.15, -0.1) is 23.1 Å². The zero-order valence-electron chi connectivity index (χ0n) is 16.5. The third-order valence-corrected chi connectivity index (χ3v) is 7.16. The number of benzene rings is 1. The van der Waals surface area contributed by atoms with Crippen LogP contribution < -0.4 is 5.32 Å². The first kappa shape index (κ1) is 22.4. The van der Waals surface area contributed by atoms with Crippen molar-refractivity contribution >= 4 is 46.6 Å². The van der Waals surface area contributed by atoms with E-state index in [-0.39, 0.29) is 18.1 Å². The second-order valence-electron chi connectivity index (χ2n) is 7.20. The second-order valence-corrected chi connectivity index (χ2v) is 9.28. The molecule has 0 saturated carbocycles. The van der Waals surface area contributed by atoms with Crippen LogP contribution in [0.25, 0.3) is 0 Å². The first-order chi connectivity index (χ1) is 15.3. The largest absolute Gasteiger partial charge is 0.418 e. The van der Waals surface area contributed by atoms with Crippen LogP contribution in [0.3, 0.4) is 0 Å². The molecule has 168 valence electrons. The summed E-state index contributed by atoms with van der Waals surface area (Å²) < 4.78 is 39.7. The van der Waals surface area contributed by atoms with Crippen molar-refractivity contribution < 1.29 is 27.6 Å². The highest BCUT2D eigenvalue weighted by molar-refractivity contribution is 8.03. The number of urea groups is 1. The van der Waals surface area contributed by atoms with Crippen LogP contribution in [0.15, 0.2) is 53.3 Å². The molecule has 2 atom stereocenters. The number of rotatable bonds is 6. The van der Waals surface area contributed by atoms with Crippen LogP contribution in [0.1, 0.15) is 10.4 Å². The lowest BCUT2D eigenvalue weighted by Gasteiger charge is -2.40. The molecule has 0 spiro atoms. The van der Waals surface area contributed by atoms with E-state index in [1.807, 2.05) is 17.5 Å². The van der Waals surface area contributed by atoms with Gasteiger partial charge in [-0.3, -0.25) is 14.5 Å². The predicted octanol–water partition coefficient (Wildman–Crippen LogP) is 4.21. The molecule has 0 radical (unpaired) electrons. The zero-order chi connectivity index (χ0) is 22.9. The minimum atomic E-state index is -4.63. The Hall–Kier alpha value is -2.79. The fourth-order valence-corrected chi connectivity index (χ4v) is 5.39. The Morgan fingerprint density at radius 2 is 1.91 bits per heavy atom. The number of alkyl halides is 3. The minimum Gasteiger partial charge on any atom is -0.324 e. The Bertz CT molecular complexity index is 1060. The van der Waals surface area contributed by atoms with Crippen LogP contribution in [0.5, 0.6) is 0 Å². The Morgan fingerprint density at radius 1 is 1.12 bits per heavy atom. The molecule has 0 bridgehead atoms. The molecule has 3 heterocycles. The van der Waals surface area contributed by atoms with Crippen molar-refractivity contribution in [2.24, 2.45) is 0 Å². The maximum Gasteiger partial charge on any atom is 0.418 e. The van der Waals surface area contributed by atoms with Crippen LogP contribution in [0.4, 0.5) is 23.7 Å². The normalized spacial score (nSPS) is 20.6. The topological polar surface area (TPSA) is 69.7 Å². The van der Waals surface area contributed by atoms with E-state index in [0.29, 0.717) is 6.42 Å². The van der Waals surface area contributed by atoms with Crippen LogP contribution >= 0.6 is 23.1 Å². The number of carbonyl (C=O) groups is 3. The average molecular weight is 482 g/mol. The molecule has 0 aliphatic carbocycles. The lowest BCUT2D eigenvalue weighted by molar-refractivity contribution is -0.137. The maximum atomic E-state index is 13.2. The number of halogens is 3. The van der Waals surface area contributed by atoms with Gasteiger partial charge < -0.3 is 10.2 Å². The molecule has 6 nitrogen and oxygen atoms in total. The Morgan fingerprint density at radius 3 is 2.62 bits per heavy atom. The quantitative estimate of drug-likeness (QED) is 0.671. The molecule has 4 rings (SSSR count). The van der Waals surface area contributed by atoms with Gasteiger partial charge in [0.2, 0.25) is 11.8 Å². The summed E-state index contributed by atoms with van der Waals surface area (Å²) in [6.45, 7) is -0.309. The van der Waals surface area contributed by atoms with Gasteiger partial charge >= 0.3 is 12.2 Å². The summed E-state index contributed by atoms with van der Waals surface area (Å²) in [6, 6.07) is 7.18. The average Bonchev–Trinajstić information content (AvgIpc) is 3.43. The molecular formula is C21H18F3N3O3S2. The molecule has 1 aromatic heterocycles. The molecule has 32 heavy (non-hydrogen) atoms. The van der Waals surface area contributed by atoms with Gasteiger partial charge in [-0.1, -0.05) is 24.3 Å². The summed E-state index contributed by atoms with van der Waals surface area (Å²) in [5, 5.41) is 5.28. The van der Waals surface area contributed by atoms with E-state index in [0.717, 1.165) is 21.9 Å². The number of para-hydroxylation sites is 1. The summed E-state index contributed by atoms with van der Waals surface area (Å²) in [4.78, 5) is 41.9. The van der Waals surface area contributed by atoms with Crippen molar-refractivity contribution in [1.29, 1.82) is 0 Å². The number of carbonyl (C=O) groups excluding carboxylic acids is 3. The smallest absolute Gasteiger partial charge is 0.324 e. The number of nitrogens with zero attached hydrogens (tertiary/aromatic N) is 2. The summed E-state index contributed by atoms with van der Waals surface area (Å²) in [5.74, 6) is -1.10. The molecule has 2 aliphatic heterocycles. The van der Waals surface area contributed by atoms with Crippen LogP contribution in [0.2, 0.25) is 0 Å². The van der Waals surface area contributed by atoms with Crippen molar-refractivity contribution in [3.8, 4) is 0 Å². The van der Waals surface area contributed by atoms with E-state index in [2.05, 4.69) is 5.32 Å². The highest BCUT2D eigenvalue weighted by atomic mass is 32.2. The fourth-order valence-electron chi connectivity index (χ4n) is 3.63. The van der Waals surface area contributed by atoms with Crippen molar-refractivity contribution in [2.45, 2.75) is 23.9 Å². The van der Waals surface area contributed by atoms with Gasteiger partial charge in [-0.05, 0) is 35.4 Å². The van der Waals surface area contributed by atoms with Gasteiger partial charge in [0, 0.05) is 11.4 Å². The number of imide groups is 1. The van der Waals surface area contributed by atoms with E-state index >= 15 is 0 Å². The van der Waals surface area contributed by atoms with E-state index in [4.69, 9.17) is 0 Å². The summed E-state index contributed by atoms with van der Waals surface area (Å²) in [7, 11) is 0. The molecule has 2 aromatic rings. The zero-order valence-corrected chi connectivity index (χ0v) is 18.2. The first-order valence-corrected chi connectivity index (χ1v) is 11.5. The second kappa shape index (κ2) is 8.99. The molecule has 4 amide bonds. The van der Waals surface area contributed by atoms with E-state index in [9.17, 15) is 27.6 Å². The highest BCUT2D eigenvalue weighted by Crippen LogP contribution is 2.36. The standard InChI is InChI=1S/C21H18F3N3O3S2/c22-21(23,24)14-5-1-2-6-15(14)25-17(28)12-27-16-8-11-32-18(16)19(29)26(20(27)30)9-7-13-4-3-10-31-13/h1-6,8,10-11,16,18H,7,9,12H2,(H,25,28). The first-order valence-electron chi connectivity index (χ1n) is 9.68. The number of anilines is 1. The Kier molecular flexibility index (Phi) is 6.29. The van der Waals surface area contributed by atoms with Crippen LogP contribution in [-0.4, -0.2) is 52.0 Å². The number of hydrogen-bond donors (Lipinski definition) is 1. The van der Waals surface area contributed by atoms with E-state index < -0.39 is 41.5 Å².